The number of likely N-dealkylation sites (tertiary alicyclic amines) is 1. The van der Waals surface area contributed by atoms with Gasteiger partial charge in [0.1, 0.15) is 0 Å². The molecule has 1 aliphatic heterocycles. The number of hydrogen-bond acceptors (Lipinski definition) is 4. The smallest absolute Gasteiger partial charge is 0.409 e. The fraction of sp³-hybridized carbons (Fsp3) is 0.900. The summed E-state index contributed by atoms with van der Waals surface area (Å²) in [5.74, 6) is 0.0909. The van der Waals surface area contributed by atoms with Gasteiger partial charge < -0.3 is 20.5 Å². The molecule has 0 saturated carbocycles. The Hall–Kier alpha value is -0.810. The molecule has 2 unspecified atom stereocenters. The number of hydrogen-bond donors (Lipinski definition) is 2. The molecule has 0 aromatic rings. The Morgan fingerprint density at radius 1 is 1.73 bits per heavy atom. The normalized spacial score (nSPS) is 23.7. The van der Waals surface area contributed by atoms with Crippen molar-refractivity contribution in [1.29, 1.82) is 0 Å². The summed E-state index contributed by atoms with van der Waals surface area (Å²) in [5, 5.41) is 9.61. The molecule has 0 aromatic heterocycles. The quantitative estimate of drug-likeness (QED) is 0.705. The summed E-state index contributed by atoms with van der Waals surface area (Å²) in [4.78, 5) is 13.1. The Bertz CT molecular complexity index is 211. The van der Waals surface area contributed by atoms with Crippen LogP contribution in [0.25, 0.3) is 0 Å². The fourth-order valence-corrected chi connectivity index (χ4v) is 1.90. The van der Waals surface area contributed by atoms with Crippen molar-refractivity contribution in [2.75, 3.05) is 26.2 Å². The van der Waals surface area contributed by atoms with Crippen molar-refractivity contribution in [2.45, 2.75) is 25.9 Å². The highest BCUT2D eigenvalue weighted by Crippen LogP contribution is 2.19. The molecule has 1 aliphatic rings. The zero-order chi connectivity index (χ0) is 11.3. The molecule has 0 aromatic carbocycles. The van der Waals surface area contributed by atoms with E-state index in [1.807, 2.05) is 0 Å². The SMILES string of the molecule is CCOC(=O)N1CCCC(C(O)CN)C1. The average molecular weight is 216 g/mol. The molecule has 1 amide bonds. The zero-order valence-electron chi connectivity index (χ0n) is 9.19. The van der Waals surface area contributed by atoms with Crippen LogP contribution in [-0.4, -0.2) is 48.4 Å². The predicted molar refractivity (Wildman–Crippen MR) is 56.4 cm³/mol. The maximum Gasteiger partial charge on any atom is 0.409 e. The molecule has 5 heteroatoms. The molecule has 0 spiro atoms. The van der Waals surface area contributed by atoms with Crippen LogP contribution in [0.2, 0.25) is 0 Å². The first-order chi connectivity index (χ1) is 7.19. The van der Waals surface area contributed by atoms with Gasteiger partial charge in [-0.3, -0.25) is 0 Å². The second kappa shape index (κ2) is 5.92. The minimum Gasteiger partial charge on any atom is -0.450 e. The van der Waals surface area contributed by atoms with Crippen LogP contribution in [0.3, 0.4) is 0 Å². The Morgan fingerprint density at radius 3 is 3.07 bits per heavy atom. The zero-order valence-corrected chi connectivity index (χ0v) is 9.19. The fourth-order valence-electron chi connectivity index (χ4n) is 1.90. The second-order valence-corrected chi connectivity index (χ2v) is 3.85. The molecule has 3 N–H and O–H groups in total. The van der Waals surface area contributed by atoms with E-state index in [2.05, 4.69) is 0 Å². The Morgan fingerprint density at radius 2 is 2.47 bits per heavy atom. The van der Waals surface area contributed by atoms with E-state index < -0.39 is 6.10 Å². The average Bonchev–Trinajstić information content (AvgIpc) is 2.28. The molecule has 88 valence electrons. The van der Waals surface area contributed by atoms with Gasteiger partial charge >= 0.3 is 6.09 Å². The number of nitrogens with two attached hydrogens (primary N) is 1. The van der Waals surface area contributed by atoms with Crippen LogP contribution in [-0.2, 0) is 4.74 Å². The van der Waals surface area contributed by atoms with Crippen LogP contribution in [0, 0.1) is 5.92 Å². The molecular formula is C10H20N2O3. The van der Waals surface area contributed by atoms with Gasteiger partial charge in [0.25, 0.3) is 0 Å². The van der Waals surface area contributed by atoms with Crippen LogP contribution >= 0.6 is 0 Å². The van der Waals surface area contributed by atoms with E-state index in [4.69, 9.17) is 10.5 Å². The van der Waals surface area contributed by atoms with Gasteiger partial charge in [-0.15, -0.1) is 0 Å². The van der Waals surface area contributed by atoms with Gasteiger partial charge in [-0.25, -0.2) is 4.79 Å². The topological polar surface area (TPSA) is 75.8 Å². The van der Waals surface area contributed by atoms with Gasteiger partial charge in [0.05, 0.1) is 12.7 Å². The lowest BCUT2D eigenvalue weighted by Crippen LogP contribution is -2.45. The summed E-state index contributed by atoms with van der Waals surface area (Å²) in [6, 6.07) is 0. The van der Waals surface area contributed by atoms with Crippen LogP contribution in [0.1, 0.15) is 19.8 Å². The van der Waals surface area contributed by atoms with E-state index in [0.717, 1.165) is 12.8 Å². The van der Waals surface area contributed by atoms with Crippen molar-refractivity contribution in [1.82, 2.24) is 4.90 Å². The van der Waals surface area contributed by atoms with Gasteiger partial charge in [-0.05, 0) is 19.8 Å². The summed E-state index contributed by atoms with van der Waals surface area (Å²) in [7, 11) is 0. The van der Waals surface area contributed by atoms with Gasteiger partial charge in [-0.1, -0.05) is 0 Å². The lowest BCUT2D eigenvalue weighted by molar-refractivity contribution is 0.0452. The van der Waals surface area contributed by atoms with Gasteiger partial charge in [0, 0.05) is 25.6 Å². The van der Waals surface area contributed by atoms with Crippen molar-refractivity contribution in [3.8, 4) is 0 Å². The van der Waals surface area contributed by atoms with Crippen molar-refractivity contribution < 1.29 is 14.6 Å². The number of aliphatic hydroxyl groups is 1. The first-order valence-electron chi connectivity index (χ1n) is 5.48. The highest BCUT2D eigenvalue weighted by molar-refractivity contribution is 5.67. The number of piperidine rings is 1. The van der Waals surface area contributed by atoms with Crippen molar-refractivity contribution in [2.24, 2.45) is 11.7 Å². The standard InChI is InChI=1S/C10H20N2O3/c1-2-15-10(14)12-5-3-4-8(7-12)9(13)6-11/h8-9,13H,2-7,11H2,1H3. The molecule has 1 fully saturated rings. The van der Waals surface area contributed by atoms with Crippen LogP contribution in [0.4, 0.5) is 4.79 Å². The van der Waals surface area contributed by atoms with E-state index in [1.54, 1.807) is 11.8 Å². The molecule has 2 atom stereocenters. The number of aliphatic hydroxyl groups excluding tert-OH is 1. The third-order valence-electron chi connectivity index (χ3n) is 2.77. The maximum atomic E-state index is 11.4. The molecule has 1 saturated heterocycles. The minimum absolute atomic E-state index is 0.0909. The van der Waals surface area contributed by atoms with E-state index >= 15 is 0 Å². The summed E-state index contributed by atoms with van der Waals surface area (Å²) >= 11 is 0. The summed E-state index contributed by atoms with van der Waals surface area (Å²) in [6.45, 7) is 3.69. The molecule has 1 heterocycles. The largest absolute Gasteiger partial charge is 0.450 e. The van der Waals surface area contributed by atoms with E-state index in [9.17, 15) is 9.90 Å². The first kappa shape index (κ1) is 12.3. The van der Waals surface area contributed by atoms with E-state index in [-0.39, 0.29) is 18.6 Å². The molecule has 0 bridgehead atoms. The second-order valence-electron chi connectivity index (χ2n) is 3.85. The molecule has 1 rings (SSSR count). The lowest BCUT2D eigenvalue weighted by atomic mass is 9.93. The van der Waals surface area contributed by atoms with Crippen LogP contribution in [0.5, 0.6) is 0 Å². The third kappa shape index (κ3) is 3.35. The van der Waals surface area contributed by atoms with E-state index in [1.165, 1.54) is 0 Å². The monoisotopic (exact) mass is 216 g/mol. The van der Waals surface area contributed by atoms with Crippen LogP contribution < -0.4 is 5.73 Å². The van der Waals surface area contributed by atoms with Crippen molar-refractivity contribution >= 4 is 6.09 Å². The predicted octanol–water partition coefficient (Wildman–Crippen LogP) is 0.174. The van der Waals surface area contributed by atoms with Gasteiger partial charge in [-0.2, -0.15) is 0 Å². The Kier molecular flexibility index (Phi) is 4.84. The Labute approximate surface area is 90.2 Å². The maximum absolute atomic E-state index is 11.4. The van der Waals surface area contributed by atoms with Crippen molar-refractivity contribution in [3.63, 3.8) is 0 Å². The Balaban J connectivity index is 2.44. The highest BCUT2D eigenvalue weighted by Gasteiger charge is 2.28. The number of amides is 1. The number of carbonyl (C=O) groups excluding carboxylic acids is 1. The summed E-state index contributed by atoms with van der Waals surface area (Å²) in [5.41, 5.74) is 5.40. The number of ether oxygens (including phenoxy) is 1. The highest BCUT2D eigenvalue weighted by atomic mass is 16.6. The first-order valence-corrected chi connectivity index (χ1v) is 5.48. The number of rotatable bonds is 3. The van der Waals surface area contributed by atoms with Gasteiger partial charge in [0.2, 0.25) is 0 Å². The summed E-state index contributed by atoms with van der Waals surface area (Å²) in [6.07, 6.45) is 1.03. The minimum atomic E-state index is -0.512. The number of nitrogens with zero attached hydrogens (tertiary/aromatic N) is 1. The van der Waals surface area contributed by atoms with Crippen LogP contribution in [0.15, 0.2) is 0 Å². The third-order valence-corrected chi connectivity index (χ3v) is 2.77. The van der Waals surface area contributed by atoms with Gasteiger partial charge in [0.15, 0.2) is 0 Å². The molecule has 5 nitrogen and oxygen atoms in total. The molecular weight excluding hydrogens is 196 g/mol. The molecule has 0 aliphatic carbocycles. The molecule has 15 heavy (non-hydrogen) atoms. The lowest BCUT2D eigenvalue weighted by Gasteiger charge is -2.33. The van der Waals surface area contributed by atoms with E-state index in [0.29, 0.717) is 19.7 Å². The molecule has 0 radical (unpaired) electrons. The van der Waals surface area contributed by atoms with Crippen molar-refractivity contribution in [3.05, 3.63) is 0 Å². The number of carbonyl (C=O) groups is 1. The summed E-state index contributed by atoms with van der Waals surface area (Å²) < 4.78 is 4.92.